The number of aliphatic hydroxyl groups is 1. The Hall–Kier alpha value is -1.22. The molecule has 3 heteroatoms. The fourth-order valence-corrected chi connectivity index (χ4v) is 1.63. The van der Waals surface area contributed by atoms with Crippen LogP contribution in [0.3, 0.4) is 0 Å². The highest BCUT2D eigenvalue weighted by atomic mass is 16.5. The summed E-state index contributed by atoms with van der Waals surface area (Å²) in [6.45, 7) is 3.71. The second-order valence-corrected chi connectivity index (χ2v) is 4.22. The number of ether oxygens (including phenoxy) is 1. The van der Waals surface area contributed by atoms with Crippen LogP contribution in [0.15, 0.2) is 18.2 Å². The molecule has 0 saturated carbocycles. The molecule has 14 heavy (non-hydrogen) atoms. The molecule has 0 fully saturated rings. The number of fused-ring (bicyclic) bond motifs is 1. The first-order valence-electron chi connectivity index (χ1n) is 4.68. The van der Waals surface area contributed by atoms with E-state index in [4.69, 9.17) is 4.74 Å². The third-order valence-electron chi connectivity index (χ3n) is 2.63. The lowest BCUT2D eigenvalue weighted by Crippen LogP contribution is -2.46. The van der Waals surface area contributed by atoms with Crippen LogP contribution in [0.2, 0.25) is 0 Å². The van der Waals surface area contributed by atoms with Crippen molar-refractivity contribution in [3.05, 3.63) is 23.8 Å². The fourth-order valence-electron chi connectivity index (χ4n) is 1.63. The molecule has 1 aliphatic heterocycles. The summed E-state index contributed by atoms with van der Waals surface area (Å²) < 4.78 is 5.63. The Bertz CT molecular complexity index is 358. The zero-order valence-electron chi connectivity index (χ0n) is 8.32. The first-order chi connectivity index (χ1) is 6.49. The van der Waals surface area contributed by atoms with E-state index in [1.165, 1.54) is 0 Å². The van der Waals surface area contributed by atoms with Crippen molar-refractivity contribution in [2.45, 2.75) is 32.0 Å². The standard InChI is InChI=1S/C11H14O3/c1-11(2)10(13)6-7-5-8(12)3-4-9(7)14-11/h3-5,10,12-13H,6H2,1-2H3. The number of hydrogen-bond acceptors (Lipinski definition) is 3. The van der Waals surface area contributed by atoms with Gasteiger partial charge in [-0.3, -0.25) is 0 Å². The summed E-state index contributed by atoms with van der Waals surface area (Å²) in [6.07, 6.45) is -0.00620. The second-order valence-electron chi connectivity index (χ2n) is 4.22. The van der Waals surface area contributed by atoms with Crippen molar-refractivity contribution < 1.29 is 14.9 Å². The number of aliphatic hydroxyl groups excluding tert-OH is 1. The Morgan fingerprint density at radius 2 is 2.14 bits per heavy atom. The van der Waals surface area contributed by atoms with E-state index < -0.39 is 11.7 Å². The minimum atomic E-state index is -0.552. The lowest BCUT2D eigenvalue weighted by Gasteiger charge is -2.36. The smallest absolute Gasteiger partial charge is 0.129 e. The van der Waals surface area contributed by atoms with Gasteiger partial charge in [-0.1, -0.05) is 0 Å². The molecule has 76 valence electrons. The van der Waals surface area contributed by atoms with Crippen LogP contribution >= 0.6 is 0 Å². The van der Waals surface area contributed by atoms with E-state index in [-0.39, 0.29) is 5.75 Å². The van der Waals surface area contributed by atoms with Crippen LogP contribution in [-0.2, 0) is 6.42 Å². The molecule has 3 nitrogen and oxygen atoms in total. The molecule has 1 atom stereocenters. The molecule has 0 radical (unpaired) electrons. The lowest BCUT2D eigenvalue weighted by atomic mass is 9.91. The Morgan fingerprint density at radius 3 is 2.86 bits per heavy atom. The number of benzene rings is 1. The Balaban J connectivity index is 2.41. The van der Waals surface area contributed by atoms with Gasteiger partial charge in [0, 0.05) is 12.0 Å². The predicted octanol–water partition coefficient (Wildman–Crippen LogP) is 1.47. The van der Waals surface area contributed by atoms with Crippen LogP contribution in [0.1, 0.15) is 19.4 Å². The van der Waals surface area contributed by atoms with E-state index in [9.17, 15) is 10.2 Å². The van der Waals surface area contributed by atoms with Gasteiger partial charge < -0.3 is 14.9 Å². The van der Waals surface area contributed by atoms with Gasteiger partial charge in [0.1, 0.15) is 17.1 Å². The Morgan fingerprint density at radius 1 is 1.43 bits per heavy atom. The molecular formula is C11H14O3. The van der Waals surface area contributed by atoms with Crippen molar-refractivity contribution in [1.29, 1.82) is 0 Å². The number of phenols is 1. The van der Waals surface area contributed by atoms with Crippen LogP contribution in [0.4, 0.5) is 0 Å². The van der Waals surface area contributed by atoms with E-state index >= 15 is 0 Å². The third-order valence-corrected chi connectivity index (χ3v) is 2.63. The highest BCUT2D eigenvalue weighted by Crippen LogP contribution is 2.34. The number of rotatable bonds is 0. The van der Waals surface area contributed by atoms with Gasteiger partial charge in [0.15, 0.2) is 0 Å². The van der Waals surface area contributed by atoms with Crippen molar-refractivity contribution in [3.63, 3.8) is 0 Å². The molecule has 1 heterocycles. The van der Waals surface area contributed by atoms with Crippen molar-refractivity contribution in [1.82, 2.24) is 0 Å². The first kappa shape index (κ1) is 9.34. The molecule has 1 aromatic rings. The molecule has 0 saturated heterocycles. The van der Waals surface area contributed by atoms with Crippen molar-refractivity contribution in [3.8, 4) is 11.5 Å². The van der Waals surface area contributed by atoms with Crippen LogP contribution in [0.5, 0.6) is 11.5 Å². The summed E-state index contributed by atoms with van der Waals surface area (Å²) in [7, 11) is 0. The number of aromatic hydroxyl groups is 1. The van der Waals surface area contributed by atoms with Crippen molar-refractivity contribution >= 4 is 0 Å². The van der Waals surface area contributed by atoms with Gasteiger partial charge in [0.05, 0.1) is 6.10 Å². The molecule has 0 aromatic heterocycles. The normalized spacial score (nSPS) is 23.8. The minimum absolute atomic E-state index is 0.208. The highest BCUT2D eigenvalue weighted by Gasteiger charge is 2.35. The molecule has 1 unspecified atom stereocenters. The molecular weight excluding hydrogens is 180 g/mol. The quantitative estimate of drug-likeness (QED) is 0.657. The molecule has 2 N–H and O–H groups in total. The van der Waals surface area contributed by atoms with Gasteiger partial charge in [0.2, 0.25) is 0 Å². The average molecular weight is 194 g/mol. The van der Waals surface area contributed by atoms with Crippen LogP contribution in [0.25, 0.3) is 0 Å². The maximum Gasteiger partial charge on any atom is 0.129 e. The average Bonchev–Trinajstić information content (AvgIpc) is 2.08. The summed E-state index contributed by atoms with van der Waals surface area (Å²) in [4.78, 5) is 0. The molecule has 1 aromatic carbocycles. The zero-order chi connectivity index (χ0) is 10.3. The highest BCUT2D eigenvalue weighted by molar-refractivity contribution is 5.42. The van der Waals surface area contributed by atoms with E-state index in [1.54, 1.807) is 18.2 Å². The van der Waals surface area contributed by atoms with E-state index in [0.29, 0.717) is 6.42 Å². The first-order valence-corrected chi connectivity index (χ1v) is 4.68. The van der Waals surface area contributed by atoms with Crippen LogP contribution < -0.4 is 4.74 Å². The van der Waals surface area contributed by atoms with Gasteiger partial charge in [-0.2, -0.15) is 0 Å². The van der Waals surface area contributed by atoms with Crippen molar-refractivity contribution in [2.24, 2.45) is 0 Å². The maximum atomic E-state index is 9.77. The predicted molar refractivity (Wildman–Crippen MR) is 52.5 cm³/mol. The largest absolute Gasteiger partial charge is 0.508 e. The van der Waals surface area contributed by atoms with E-state index in [1.807, 2.05) is 13.8 Å². The topological polar surface area (TPSA) is 49.7 Å². The SMILES string of the molecule is CC1(C)Oc2ccc(O)cc2CC1O. The minimum Gasteiger partial charge on any atom is -0.508 e. The van der Waals surface area contributed by atoms with Gasteiger partial charge >= 0.3 is 0 Å². The molecule has 0 spiro atoms. The van der Waals surface area contributed by atoms with Gasteiger partial charge in [0.25, 0.3) is 0 Å². The zero-order valence-corrected chi connectivity index (χ0v) is 8.32. The van der Waals surface area contributed by atoms with Crippen LogP contribution in [0, 0.1) is 0 Å². The Kier molecular flexibility index (Phi) is 1.93. The van der Waals surface area contributed by atoms with Crippen LogP contribution in [-0.4, -0.2) is 21.9 Å². The lowest BCUT2D eigenvalue weighted by molar-refractivity contribution is -0.0412. The second kappa shape index (κ2) is 2.89. The Labute approximate surface area is 83.0 Å². The fraction of sp³-hybridized carbons (Fsp3) is 0.455. The molecule has 0 amide bonds. The van der Waals surface area contributed by atoms with Gasteiger partial charge in [-0.15, -0.1) is 0 Å². The van der Waals surface area contributed by atoms with Crippen molar-refractivity contribution in [2.75, 3.05) is 0 Å². The maximum absolute atomic E-state index is 9.77. The van der Waals surface area contributed by atoms with Gasteiger partial charge in [-0.05, 0) is 32.0 Å². The summed E-state index contributed by atoms with van der Waals surface area (Å²) in [5.74, 6) is 0.956. The molecule has 2 rings (SSSR count). The number of hydrogen-bond donors (Lipinski definition) is 2. The van der Waals surface area contributed by atoms with Gasteiger partial charge in [-0.25, -0.2) is 0 Å². The summed E-state index contributed by atoms with van der Waals surface area (Å²) in [5.41, 5.74) is 0.307. The molecule has 0 bridgehead atoms. The monoisotopic (exact) mass is 194 g/mol. The summed E-state index contributed by atoms with van der Waals surface area (Å²) in [5, 5.41) is 19.0. The summed E-state index contributed by atoms with van der Waals surface area (Å²) in [6, 6.07) is 4.96. The van der Waals surface area contributed by atoms with E-state index in [2.05, 4.69) is 0 Å². The molecule has 1 aliphatic rings. The third kappa shape index (κ3) is 1.44. The number of phenolic OH excluding ortho intramolecular Hbond substituents is 1. The molecule has 0 aliphatic carbocycles. The summed E-state index contributed by atoms with van der Waals surface area (Å²) >= 11 is 0. The van der Waals surface area contributed by atoms with E-state index in [0.717, 1.165) is 11.3 Å².